The maximum atomic E-state index is 11.6. The second kappa shape index (κ2) is 6.91. The zero-order chi connectivity index (χ0) is 12.0. The SMILES string of the molecule is CC(C)OC(=O)C[P+](=O)C(C)OC(C)C. The summed E-state index contributed by atoms with van der Waals surface area (Å²) < 4.78 is 21.8. The molecule has 0 bridgehead atoms. The van der Waals surface area contributed by atoms with Crippen LogP contribution in [0.25, 0.3) is 0 Å². The van der Waals surface area contributed by atoms with Crippen molar-refractivity contribution in [1.29, 1.82) is 0 Å². The van der Waals surface area contributed by atoms with Gasteiger partial charge in [0, 0.05) is 6.92 Å². The summed E-state index contributed by atoms with van der Waals surface area (Å²) >= 11 is 0. The van der Waals surface area contributed by atoms with Crippen LogP contribution in [0.2, 0.25) is 0 Å². The van der Waals surface area contributed by atoms with Crippen LogP contribution in [0.3, 0.4) is 0 Å². The first-order chi connectivity index (χ1) is 6.82. The third kappa shape index (κ3) is 7.46. The van der Waals surface area contributed by atoms with E-state index in [0.29, 0.717) is 0 Å². The normalized spacial score (nSPS) is 14.2. The molecule has 0 aromatic heterocycles. The Hall–Kier alpha value is -0.470. The number of carbonyl (C=O) groups is 1. The maximum absolute atomic E-state index is 11.6. The van der Waals surface area contributed by atoms with Crippen LogP contribution in [0.4, 0.5) is 0 Å². The molecule has 0 rings (SSSR count). The van der Waals surface area contributed by atoms with E-state index in [0.717, 1.165) is 0 Å². The molecule has 4 nitrogen and oxygen atoms in total. The van der Waals surface area contributed by atoms with Crippen LogP contribution in [-0.2, 0) is 18.8 Å². The van der Waals surface area contributed by atoms with Gasteiger partial charge in [-0.3, -0.25) is 0 Å². The van der Waals surface area contributed by atoms with Gasteiger partial charge in [-0.25, -0.2) is 4.79 Å². The van der Waals surface area contributed by atoms with E-state index >= 15 is 0 Å². The number of ether oxygens (including phenoxy) is 2. The van der Waals surface area contributed by atoms with E-state index in [9.17, 15) is 9.36 Å². The number of rotatable bonds is 6. The van der Waals surface area contributed by atoms with Crippen molar-refractivity contribution in [2.45, 2.75) is 52.7 Å². The summed E-state index contributed by atoms with van der Waals surface area (Å²) in [4.78, 5) is 11.2. The summed E-state index contributed by atoms with van der Waals surface area (Å²) in [6, 6.07) is 0. The van der Waals surface area contributed by atoms with Crippen LogP contribution in [0, 0.1) is 0 Å². The quantitative estimate of drug-likeness (QED) is 0.524. The first kappa shape index (κ1) is 14.5. The largest absolute Gasteiger partial charge is 0.460 e. The second-order valence-electron chi connectivity index (χ2n) is 3.90. The summed E-state index contributed by atoms with van der Waals surface area (Å²) in [6.07, 6.45) is -0.219. The molecule has 0 spiro atoms. The van der Waals surface area contributed by atoms with E-state index in [4.69, 9.17) is 9.47 Å². The van der Waals surface area contributed by atoms with Crippen molar-refractivity contribution in [1.82, 2.24) is 0 Å². The number of hydrogen-bond donors (Lipinski definition) is 0. The molecule has 0 fully saturated rings. The molecule has 0 saturated heterocycles. The van der Waals surface area contributed by atoms with Gasteiger partial charge in [0.1, 0.15) is 0 Å². The minimum Gasteiger partial charge on any atom is -0.460 e. The van der Waals surface area contributed by atoms with Gasteiger partial charge in [-0.15, -0.1) is 0 Å². The fourth-order valence-electron chi connectivity index (χ4n) is 1.02. The smallest absolute Gasteiger partial charge is 0.381 e. The third-order valence-corrected chi connectivity index (χ3v) is 3.03. The van der Waals surface area contributed by atoms with E-state index in [2.05, 4.69) is 0 Å². The molecule has 0 aliphatic heterocycles. The Balaban J connectivity index is 3.96. The lowest BCUT2D eigenvalue weighted by atomic mass is 10.5. The van der Waals surface area contributed by atoms with Crippen LogP contribution >= 0.6 is 7.80 Å². The molecule has 0 saturated carbocycles. The molecule has 88 valence electrons. The lowest BCUT2D eigenvalue weighted by molar-refractivity contribution is -0.144. The van der Waals surface area contributed by atoms with E-state index in [1.807, 2.05) is 13.8 Å². The van der Waals surface area contributed by atoms with Crippen LogP contribution in [-0.4, -0.2) is 30.2 Å². The van der Waals surface area contributed by atoms with Gasteiger partial charge in [0.05, 0.1) is 12.2 Å². The lowest BCUT2D eigenvalue weighted by Crippen LogP contribution is -2.17. The van der Waals surface area contributed by atoms with Gasteiger partial charge in [0.2, 0.25) is 6.16 Å². The topological polar surface area (TPSA) is 52.6 Å². The molecule has 2 unspecified atom stereocenters. The summed E-state index contributed by atoms with van der Waals surface area (Å²) in [7, 11) is -1.69. The van der Waals surface area contributed by atoms with Crippen LogP contribution in [0.15, 0.2) is 0 Å². The highest BCUT2D eigenvalue weighted by Crippen LogP contribution is 2.29. The standard InChI is InChI=1S/C10H20O4P/c1-7(2)13-9(5)15(12)6-10(11)14-8(3)4/h7-9H,6H2,1-5H3/q+1. The highest BCUT2D eigenvalue weighted by atomic mass is 31.1. The van der Waals surface area contributed by atoms with Gasteiger partial charge >= 0.3 is 13.8 Å². The van der Waals surface area contributed by atoms with Gasteiger partial charge in [-0.05, 0) is 27.7 Å². The Morgan fingerprint density at radius 1 is 1.13 bits per heavy atom. The molecule has 0 aliphatic carbocycles. The summed E-state index contributed by atoms with van der Waals surface area (Å²) in [5, 5.41) is 0. The minimum atomic E-state index is -1.69. The van der Waals surface area contributed by atoms with Crippen molar-refractivity contribution in [2.75, 3.05) is 6.16 Å². The monoisotopic (exact) mass is 235 g/mol. The Morgan fingerprint density at radius 3 is 2.07 bits per heavy atom. The van der Waals surface area contributed by atoms with E-state index in [-0.39, 0.29) is 18.4 Å². The highest BCUT2D eigenvalue weighted by Gasteiger charge is 2.31. The molecular weight excluding hydrogens is 215 g/mol. The van der Waals surface area contributed by atoms with Gasteiger partial charge in [-0.1, -0.05) is 4.57 Å². The van der Waals surface area contributed by atoms with Crippen LogP contribution < -0.4 is 0 Å². The van der Waals surface area contributed by atoms with Gasteiger partial charge in [-0.2, -0.15) is 0 Å². The molecular formula is C10H20O4P+. The predicted molar refractivity (Wildman–Crippen MR) is 59.4 cm³/mol. The van der Waals surface area contributed by atoms with E-state index in [1.165, 1.54) is 0 Å². The van der Waals surface area contributed by atoms with Crippen LogP contribution in [0.1, 0.15) is 34.6 Å². The average Bonchev–Trinajstić information content (AvgIpc) is 2.00. The maximum Gasteiger partial charge on any atom is 0.381 e. The molecule has 2 atom stereocenters. The molecule has 0 aromatic rings. The molecule has 5 heteroatoms. The Bertz CT molecular complexity index is 225. The fourth-order valence-corrected chi connectivity index (χ4v) is 1.98. The third-order valence-electron chi connectivity index (χ3n) is 1.53. The molecule has 0 amide bonds. The summed E-state index contributed by atoms with van der Waals surface area (Å²) in [5.41, 5.74) is 0. The molecule has 15 heavy (non-hydrogen) atoms. The molecule has 0 aliphatic rings. The van der Waals surface area contributed by atoms with Crippen molar-refractivity contribution < 1.29 is 18.8 Å². The van der Waals surface area contributed by atoms with E-state index < -0.39 is 19.6 Å². The van der Waals surface area contributed by atoms with Gasteiger partial charge in [0.15, 0.2) is 0 Å². The van der Waals surface area contributed by atoms with Gasteiger partial charge < -0.3 is 9.47 Å². The zero-order valence-corrected chi connectivity index (χ0v) is 10.9. The zero-order valence-electron chi connectivity index (χ0n) is 10.0. The number of esters is 1. The van der Waals surface area contributed by atoms with Crippen molar-refractivity contribution in [3.8, 4) is 0 Å². The summed E-state index contributed by atoms with van der Waals surface area (Å²) in [6.45, 7) is 8.97. The van der Waals surface area contributed by atoms with Crippen molar-refractivity contribution in [2.24, 2.45) is 0 Å². The van der Waals surface area contributed by atoms with Crippen molar-refractivity contribution >= 4 is 13.8 Å². The highest BCUT2D eigenvalue weighted by molar-refractivity contribution is 7.46. The number of hydrogen-bond acceptors (Lipinski definition) is 4. The molecule has 0 heterocycles. The molecule has 0 radical (unpaired) electrons. The van der Waals surface area contributed by atoms with E-state index in [1.54, 1.807) is 20.8 Å². The number of carbonyl (C=O) groups excluding carboxylic acids is 1. The van der Waals surface area contributed by atoms with Crippen molar-refractivity contribution in [3.05, 3.63) is 0 Å². The molecule has 0 N–H and O–H groups in total. The minimum absolute atomic E-state index is 0.0140. The Labute approximate surface area is 92.1 Å². The fraction of sp³-hybridized carbons (Fsp3) is 0.900. The Morgan fingerprint density at radius 2 is 1.67 bits per heavy atom. The lowest BCUT2D eigenvalue weighted by Gasteiger charge is -2.08. The summed E-state index contributed by atoms with van der Waals surface area (Å²) in [5.74, 6) is -0.829. The van der Waals surface area contributed by atoms with Crippen molar-refractivity contribution in [3.63, 3.8) is 0 Å². The first-order valence-corrected chi connectivity index (χ1v) is 6.63. The average molecular weight is 235 g/mol. The first-order valence-electron chi connectivity index (χ1n) is 5.11. The van der Waals surface area contributed by atoms with Gasteiger partial charge in [0.25, 0.3) is 5.85 Å². The second-order valence-corrected chi connectivity index (χ2v) is 5.78. The predicted octanol–water partition coefficient (Wildman–Crippen LogP) is 2.54. The molecule has 0 aromatic carbocycles. The Kier molecular flexibility index (Phi) is 6.70. The van der Waals surface area contributed by atoms with Crippen LogP contribution in [0.5, 0.6) is 0 Å².